The summed E-state index contributed by atoms with van der Waals surface area (Å²) in [6.45, 7) is 15.9. The lowest BCUT2D eigenvalue weighted by atomic mass is 9.82. The first-order valence-electron chi connectivity index (χ1n) is 7.93. The molecule has 0 fully saturated rings. The summed E-state index contributed by atoms with van der Waals surface area (Å²) < 4.78 is 0. The number of H-pyrrole nitrogens is 1. The highest BCUT2D eigenvalue weighted by atomic mass is 15.0. The second-order valence-corrected chi connectivity index (χ2v) is 6.86. The molecule has 1 rings (SSSR count). The molecule has 0 radical (unpaired) electrons. The zero-order valence-electron chi connectivity index (χ0n) is 13.9. The first kappa shape index (κ1) is 16.3. The summed E-state index contributed by atoms with van der Waals surface area (Å²) in [7, 11) is 0. The van der Waals surface area contributed by atoms with Crippen molar-refractivity contribution in [2.75, 3.05) is 0 Å². The maximum atomic E-state index is 4.98. The highest BCUT2D eigenvalue weighted by molar-refractivity contribution is 5.26. The van der Waals surface area contributed by atoms with Gasteiger partial charge in [0.05, 0.1) is 5.69 Å². The average Bonchev–Trinajstić information content (AvgIpc) is 2.74. The number of nitrogens with zero attached hydrogens (tertiary/aromatic N) is 1. The van der Waals surface area contributed by atoms with Crippen LogP contribution in [0.3, 0.4) is 0 Å². The zero-order chi connectivity index (χ0) is 14.6. The number of hydrogen-bond donors (Lipinski definition) is 1. The number of hydrogen-bond acceptors (Lipinski definition) is 1. The fraction of sp³-hybridized carbons (Fsp3) is 0.824. The van der Waals surface area contributed by atoms with E-state index in [4.69, 9.17) is 4.98 Å². The summed E-state index contributed by atoms with van der Waals surface area (Å²) in [5.74, 6) is 2.24. The molecule has 1 aromatic heterocycles. The Kier molecular flexibility index (Phi) is 5.64. The standard InChI is InChI=1S/C17H32N2/c1-8-10-13(5)16-18-14(12(3)4)15(19-16)17(6,7)11-9-2/h12-13H,8-11H2,1-7H3,(H,18,19). The van der Waals surface area contributed by atoms with E-state index in [1.165, 1.54) is 42.9 Å². The molecule has 19 heavy (non-hydrogen) atoms. The van der Waals surface area contributed by atoms with Crippen LogP contribution in [0.5, 0.6) is 0 Å². The van der Waals surface area contributed by atoms with Crippen molar-refractivity contribution in [1.29, 1.82) is 0 Å². The minimum Gasteiger partial charge on any atom is -0.345 e. The van der Waals surface area contributed by atoms with Gasteiger partial charge in [0.1, 0.15) is 5.82 Å². The highest BCUT2D eigenvalue weighted by Gasteiger charge is 2.28. The molecule has 0 aliphatic heterocycles. The van der Waals surface area contributed by atoms with Crippen molar-refractivity contribution in [3.8, 4) is 0 Å². The zero-order valence-corrected chi connectivity index (χ0v) is 13.9. The summed E-state index contributed by atoms with van der Waals surface area (Å²) in [4.78, 5) is 8.60. The molecule has 0 aliphatic carbocycles. The first-order chi connectivity index (χ1) is 8.83. The monoisotopic (exact) mass is 264 g/mol. The summed E-state index contributed by atoms with van der Waals surface area (Å²) in [6.07, 6.45) is 4.82. The van der Waals surface area contributed by atoms with Gasteiger partial charge in [0.15, 0.2) is 0 Å². The van der Waals surface area contributed by atoms with Gasteiger partial charge < -0.3 is 4.98 Å². The summed E-state index contributed by atoms with van der Waals surface area (Å²) in [5, 5.41) is 0. The highest BCUT2D eigenvalue weighted by Crippen LogP contribution is 2.34. The fourth-order valence-electron chi connectivity index (χ4n) is 2.89. The van der Waals surface area contributed by atoms with Crippen LogP contribution in [0, 0.1) is 0 Å². The average molecular weight is 264 g/mol. The predicted molar refractivity (Wildman–Crippen MR) is 83.9 cm³/mol. The van der Waals surface area contributed by atoms with Crippen molar-refractivity contribution in [3.63, 3.8) is 0 Å². The SMILES string of the molecule is CCCC(C)c1nc(C(C)(C)CCC)c(C(C)C)[nH]1. The molecule has 2 nitrogen and oxygen atoms in total. The topological polar surface area (TPSA) is 28.7 Å². The molecule has 0 aromatic carbocycles. The van der Waals surface area contributed by atoms with Gasteiger partial charge in [-0.3, -0.25) is 0 Å². The maximum Gasteiger partial charge on any atom is 0.109 e. The van der Waals surface area contributed by atoms with Crippen LogP contribution < -0.4 is 0 Å². The third kappa shape index (κ3) is 3.84. The van der Waals surface area contributed by atoms with E-state index >= 15 is 0 Å². The van der Waals surface area contributed by atoms with Gasteiger partial charge in [-0.05, 0) is 18.8 Å². The molecule has 1 N–H and O–H groups in total. The maximum absolute atomic E-state index is 4.98. The predicted octanol–water partition coefficient (Wildman–Crippen LogP) is 5.51. The molecule has 0 bridgehead atoms. The Morgan fingerprint density at radius 3 is 2.21 bits per heavy atom. The first-order valence-corrected chi connectivity index (χ1v) is 7.93. The van der Waals surface area contributed by atoms with Crippen molar-refractivity contribution in [2.45, 2.75) is 91.4 Å². The molecule has 1 unspecified atom stereocenters. The molecule has 0 saturated heterocycles. The van der Waals surface area contributed by atoms with Crippen LogP contribution in [0.4, 0.5) is 0 Å². The minimum atomic E-state index is 0.176. The Balaban J connectivity index is 3.15. The van der Waals surface area contributed by atoms with E-state index in [1.807, 2.05) is 0 Å². The third-order valence-corrected chi connectivity index (χ3v) is 4.03. The molecule has 1 aromatic rings. The second-order valence-electron chi connectivity index (χ2n) is 6.86. The van der Waals surface area contributed by atoms with Crippen molar-refractivity contribution < 1.29 is 0 Å². The second kappa shape index (κ2) is 6.58. The van der Waals surface area contributed by atoms with Gasteiger partial charge in [0.25, 0.3) is 0 Å². The van der Waals surface area contributed by atoms with Crippen LogP contribution in [0.2, 0.25) is 0 Å². The van der Waals surface area contributed by atoms with Gasteiger partial charge in [0, 0.05) is 17.0 Å². The molecule has 0 saturated carbocycles. The minimum absolute atomic E-state index is 0.176. The Morgan fingerprint density at radius 1 is 1.11 bits per heavy atom. The van der Waals surface area contributed by atoms with E-state index in [1.54, 1.807) is 0 Å². The van der Waals surface area contributed by atoms with Crippen LogP contribution in [-0.4, -0.2) is 9.97 Å². The summed E-state index contributed by atoms with van der Waals surface area (Å²) >= 11 is 0. The van der Waals surface area contributed by atoms with E-state index in [-0.39, 0.29) is 5.41 Å². The molecule has 0 spiro atoms. The van der Waals surface area contributed by atoms with Crippen LogP contribution in [0.25, 0.3) is 0 Å². The van der Waals surface area contributed by atoms with Gasteiger partial charge in [-0.1, -0.05) is 61.3 Å². The lowest BCUT2D eigenvalue weighted by molar-refractivity contribution is 0.453. The lowest BCUT2D eigenvalue weighted by Gasteiger charge is -2.24. The quantitative estimate of drug-likeness (QED) is 0.690. The molecule has 1 heterocycles. The van der Waals surface area contributed by atoms with Gasteiger partial charge in [-0.15, -0.1) is 0 Å². The van der Waals surface area contributed by atoms with E-state index in [0.29, 0.717) is 11.8 Å². The Morgan fingerprint density at radius 2 is 1.74 bits per heavy atom. The van der Waals surface area contributed by atoms with Crippen molar-refractivity contribution >= 4 is 0 Å². The lowest BCUT2D eigenvalue weighted by Crippen LogP contribution is -2.20. The normalized spacial score (nSPS) is 14.1. The van der Waals surface area contributed by atoms with E-state index < -0.39 is 0 Å². The largest absolute Gasteiger partial charge is 0.345 e. The number of aromatic amines is 1. The van der Waals surface area contributed by atoms with Crippen LogP contribution in [0.15, 0.2) is 0 Å². The van der Waals surface area contributed by atoms with Crippen LogP contribution >= 0.6 is 0 Å². The van der Waals surface area contributed by atoms with Crippen molar-refractivity contribution in [1.82, 2.24) is 9.97 Å². The van der Waals surface area contributed by atoms with Gasteiger partial charge in [-0.2, -0.15) is 0 Å². The van der Waals surface area contributed by atoms with Crippen LogP contribution in [0.1, 0.15) is 103 Å². The number of aromatic nitrogens is 2. The van der Waals surface area contributed by atoms with Gasteiger partial charge in [-0.25, -0.2) is 4.98 Å². The van der Waals surface area contributed by atoms with Gasteiger partial charge >= 0.3 is 0 Å². The third-order valence-electron chi connectivity index (χ3n) is 4.03. The Hall–Kier alpha value is -0.790. The van der Waals surface area contributed by atoms with E-state index in [0.717, 1.165) is 0 Å². The fourth-order valence-corrected chi connectivity index (χ4v) is 2.89. The number of nitrogens with one attached hydrogen (secondary N) is 1. The summed E-state index contributed by atoms with van der Waals surface area (Å²) in [6, 6.07) is 0. The summed E-state index contributed by atoms with van der Waals surface area (Å²) in [5.41, 5.74) is 2.81. The van der Waals surface area contributed by atoms with Crippen molar-refractivity contribution in [2.24, 2.45) is 0 Å². The van der Waals surface area contributed by atoms with Gasteiger partial charge in [0.2, 0.25) is 0 Å². The van der Waals surface area contributed by atoms with E-state index in [2.05, 4.69) is 53.5 Å². The smallest absolute Gasteiger partial charge is 0.109 e. The number of rotatable bonds is 7. The van der Waals surface area contributed by atoms with E-state index in [9.17, 15) is 0 Å². The molecular formula is C17H32N2. The Labute approximate surface area is 119 Å². The molecule has 0 amide bonds. The molecule has 110 valence electrons. The molecule has 2 heteroatoms. The van der Waals surface area contributed by atoms with Crippen molar-refractivity contribution in [3.05, 3.63) is 17.2 Å². The van der Waals surface area contributed by atoms with Crippen LogP contribution in [-0.2, 0) is 5.41 Å². The Bertz CT molecular complexity index is 388. The molecule has 0 aliphatic rings. The molecule has 1 atom stereocenters. The molecular weight excluding hydrogens is 232 g/mol. The number of imidazole rings is 1.